The molecule has 0 atom stereocenters. The van der Waals surface area contributed by atoms with Crippen molar-refractivity contribution in [1.82, 2.24) is 10.6 Å². The molecule has 0 radical (unpaired) electrons. The van der Waals surface area contributed by atoms with Crippen LogP contribution in [0.3, 0.4) is 0 Å². The lowest BCUT2D eigenvalue weighted by atomic mass is 9.78. The molecule has 1 aliphatic carbocycles. The number of nitrogens with one attached hydrogen (secondary N) is 2. The summed E-state index contributed by atoms with van der Waals surface area (Å²) < 4.78 is 0. The predicted molar refractivity (Wildman–Crippen MR) is 89.5 cm³/mol. The van der Waals surface area contributed by atoms with E-state index in [-0.39, 0.29) is 5.41 Å². The number of benzene rings is 1. The number of rotatable bonds is 3. The molecular weight excluding hydrogens is 305 g/mol. The standard InChI is InChI=1S/C16H21Cl2N3/c17-12-4-5-13(14(18)10-12)16(6-1-2-7-16)11-21-15-19-8-3-9-20-15/h4-5,10H,1-3,6-9,11H2,(H2,19,20,21). The third-order valence-electron chi connectivity index (χ3n) is 4.55. The first kappa shape index (κ1) is 15.0. The van der Waals surface area contributed by atoms with E-state index in [4.69, 9.17) is 23.2 Å². The molecule has 1 aromatic carbocycles. The molecule has 114 valence electrons. The van der Waals surface area contributed by atoms with E-state index in [0.29, 0.717) is 5.02 Å². The van der Waals surface area contributed by atoms with E-state index in [2.05, 4.69) is 21.7 Å². The SMILES string of the molecule is Clc1ccc(C2(CNC3=NCCCN3)CCCC2)c(Cl)c1. The fourth-order valence-electron chi connectivity index (χ4n) is 3.42. The molecule has 0 aromatic heterocycles. The molecule has 1 fully saturated rings. The summed E-state index contributed by atoms with van der Waals surface area (Å²) in [4.78, 5) is 4.49. The topological polar surface area (TPSA) is 36.4 Å². The van der Waals surface area contributed by atoms with Gasteiger partial charge < -0.3 is 10.6 Å². The van der Waals surface area contributed by atoms with Gasteiger partial charge >= 0.3 is 0 Å². The van der Waals surface area contributed by atoms with Crippen LogP contribution >= 0.6 is 23.2 Å². The minimum atomic E-state index is 0.101. The van der Waals surface area contributed by atoms with Crippen molar-refractivity contribution in [3.63, 3.8) is 0 Å². The smallest absolute Gasteiger partial charge is 0.191 e. The van der Waals surface area contributed by atoms with Crippen LogP contribution in [0.5, 0.6) is 0 Å². The summed E-state index contributed by atoms with van der Waals surface area (Å²) in [6.07, 6.45) is 5.93. The third-order valence-corrected chi connectivity index (χ3v) is 5.10. The van der Waals surface area contributed by atoms with E-state index in [0.717, 1.165) is 49.9 Å². The van der Waals surface area contributed by atoms with Crippen molar-refractivity contribution in [1.29, 1.82) is 0 Å². The van der Waals surface area contributed by atoms with E-state index < -0.39 is 0 Å². The highest BCUT2D eigenvalue weighted by atomic mass is 35.5. The van der Waals surface area contributed by atoms with Gasteiger partial charge in [0, 0.05) is 35.1 Å². The molecule has 2 N–H and O–H groups in total. The van der Waals surface area contributed by atoms with Crippen LogP contribution in [0.4, 0.5) is 0 Å². The van der Waals surface area contributed by atoms with Crippen molar-refractivity contribution in [3.05, 3.63) is 33.8 Å². The van der Waals surface area contributed by atoms with E-state index in [1.54, 1.807) is 0 Å². The van der Waals surface area contributed by atoms with E-state index in [1.165, 1.54) is 18.4 Å². The first-order chi connectivity index (χ1) is 10.2. The van der Waals surface area contributed by atoms with Crippen molar-refractivity contribution < 1.29 is 0 Å². The molecule has 2 aliphatic rings. The number of guanidine groups is 1. The Balaban J connectivity index is 1.80. The van der Waals surface area contributed by atoms with E-state index in [1.807, 2.05) is 12.1 Å². The van der Waals surface area contributed by atoms with Gasteiger partial charge in [0.1, 0.15) is 0 Å². The van der Waals surface area contributed by atoms with Crippen LogP contribution in [0, 0.1) is 0 Å². The lowest BCUT2D eigenvalue weighted by molar-refractivity contribution is 0.431. The Bertz CT molecular complexity index is 536. The van der Waals surface area contributed by atoms with Crippen LogP contribution < -0.4 is 10.6 Å². The zero-order chi connectivity index (χ0) is 14.7. The summed E-state index contributed by atoms with van der Waals surface area (Å²) >= 11 is 12.5. The Morgan fingerprint density at radius 2 is 2.00 bits per heavy atom. The molecule has 0 bridgehead atoms. The zero-order valence-electron chi connectivity index (χ0n) is 12.1. The second kappa shape index (κ2) is 6.45. The first-order valence-electron chi connectivity index (χ1n) is 7.67. The lowest BCUT2D eigenvalue weighted by Gasteiger charge is -2.32. The average Bonchev–Trinajstić information content (AvgIpc) is 2.96. The van der Waals surface area contributed by atoms with Crippen molar-refractivity contribution in [2.75, 3.05) is 19.6 Å². The van der Waals surface area contributed by atoms with Gasteiger partial charge in [-0.25, -0.2) is 0 Å². The van der Waals surface area contributed by atoms with Gasteiger partial charge in [-0.1, -0.05) is 42.1 Å². The Hall–Kier alpha value is -0.930. The highest BCUT2D eigenvalue weighted by molar-refractivity contribution is 6.35. The Kier molecular flexibility index (Phi) is 4.60. The minimum Gasteiger partial charge on any atom is -0.356 e. The highest BCUT2D eigenvalue weighted by Crippen LogP contribution is 2.43. The predicted octanol–water partition coefficient (Wildman–Crippen LogP) is 3.74. The van der Waals surface area contributed by atoms with E-state index in [9.17, 15) is 0 Å². The number of nitrogens with zero attached hydrogens (tertiary/aromatic N) is 1. The largest absolute Gasteiger partial charge is 0.356 e. The third kappa shape index (κ3) is 3.29. The van der Waals surface area contributed by atoms with E-state index >= 15 is 0 Å². The van der Waals surface area contributed by atoms with Crippen LogP contribution in [0.2, 0.25) is 10.0 Å². The first-order valence-corrected chi connectivity index (χ1v) is 8.43. The Morgan fingerprint density at radius 1 is 1.19 bits per heavy atom. The van der Waals surface area contributed by atoms with Gasteiger partial charge in [-0.2, -0.15) is 0 Å². The summed E-state index contributed by atoms with van der Waals surface area (Å²) in [5.41, 5.74) is 1.32. The Morgan fingerprint density at radius 3 is 2.67 bits per heavy atom. The fourth-order valence-corrected chi connectivity index (χ4v) is 4.03. The second-order valence-corrected chi connectivity index (χ2v) is 6.82. The van der Waals surface area contributed by atoms with Crippen molar-refractivity contribution in [2.24, 2.45) is 4.99 Å². The molecule has 0 saturated heterocycles. The summed E-state index contributed by atoms with van der Waals surface area (Å²) in [6.45, 7) is 2.78. The van der Waals surface area contributed by atoms with Gasteiger partial charge in [-0.05, 0) is 37.0 Å². The van der Waals surface area contributed by atoms with Gasteiger partial charge in [0.2, 0.25) is 0 Å². The monoisotopic (exact) mass is 325 g/mol. The quantitative estimate of drug-likeness (QED) is 0.888. The number of halogens is 2. The molecule has 0 amide bonds. The molecule has 1 aromatic rings. The van der Waals surface area contributed by atoms with Crippen molar-refractivity contribution >= 4 is 29.2 Å². The molecule has 0 spiro atoms. The lowest BCUT2D eigenvalue weighted by Crippen LogP contribution is -2.46. The number of aliphatic imine (C=N–C) groups is 1. The van der Waals surface area contributed by atoms with Crippen LogP contribution in [0.15, 0.2) is 23.2 Å². The zero-order valence-corrected chi connectivity index (χ0v) is 13.6. The van der Waals surface area contributed by atoms with Crippen molar-refractivity contribution in [3.8, 4) is 0 Å². The van der Waals surface area contributed by atoms with Gasteiger partial charge in [0.25, 0.3) is 0 Å². The van der Waals surface area contributed by atoms with Gasteiger partial charge in [-0.15, -0.1) is 0 Å². The van der Waals surface area contributed by atoms with Crippen molar-refractivity contribution in [2.45, 2.75) is 37.5 Å². The van der Waals surface area contributed by atoms with Gasteiger partial charge in [0.15, 0.2) is 5.96 Å². The highest BCUT2D eigenvalue weighted by Gasteiger charge is 2.37. The summed E-state index contributed by atoms with van der Waals surface area (Å²) in [5, 5.41) is 8.29. The normalized spacial score (nSPS) is 20.8. The molecule has 1 saturated carbocycles. The van der Waals surface area contributed by atoms with Crippen LogP contribution in [0.25, 0.3) is 0 Å². The van der Waals surface area contributed by atoms with Crippen LogP contribution in [0.1, 0.15) is 37.7 Å². The molecule has 3 nitrogen and oxygen atoms in total. The van der Waals surface area contributed by atoms with Gasteiger partial charge in [-0.3, -0.25) is 4.99 Å². The number of hydrogen-bond acceptors (Lipinski definition) is 3. The molecule has 1 heterocycles. The Labute approximate surface area is 136 Å². The fraction of sp³-hybridized carbons (Fsp3) is 0.562. The average molecular weight is 326 g/mol. The second-order valence-electron chi connectivity index (χ2n) is 5.98. The van der Waals surface area contributed by atoms with Gasteiger partial charge in [0.05, 0.1) is 0 Å². The molecule has 0 unspecified atom stereocenters. The molecule has 21 heavy (non-hydrogen) atoms. The maximum Gasteiger partial charge on any atom is 0.191 e. The number of hydrogen-bond donors (Lipinski definition) is 2. The molecule has 5 heteroatoms. The summed E-state index contributed by atoms with van der Waals surface area (Å²) in [7, 11) is 0. The summed E-state index contributed by atoms with van der Waals surface area (Å²) in [5.74, 6) is 0.928. The molecular formula is C16H21Cl2N3. The minimum absolute atomic E-state index is 0.101. The maximum absolute atomic E-state index is 6.46. The van der Waals surface area contributed by atoms with Crippen LogP contribution in [-0.2, 0) is 5.41 Å². The molecule has 1 aliphatic heterocycles. The van der Waals surface area contributed by atoms with Crippen LogP contribution in [-0.4, -0.2) is 25.6 Å². The summed E-state index contributed by atoms with van der Waals surface area (Å²) in [6, 6.07) is 5.89. The molecule has 3 rings (SSSR count). The maximum atomic E-state index is 6.46.